The van der Waals surface area contributed by atoms with Gasteiger partial charge in [-0.2, -0.15) is 15.8 Å². The van der Waals surface area contributed by atoms with Crippen molar-refractivity contribution in [3.05, 3.63) is 41.5 Å². The van der Waals surface area contributed by atoms with Crippen molar-refractivity contribution in [3.8, 4) is 18.2 Å². The third kappa shape index (κ3) is 2.47. The average Bonchev–Trinajstić information content (AvgIpc) is 2.67. The number of hydrogen-bond donors (Lipinski definition) is 1. The summed E-state index contributed by atoms with van der Waals surface area (Å²) in [6, 6.07) is 14.3. The second-order valence-electron chi connectivity index (χ2n) is 7.21. The molecule has 2 aliphatic rings. The summed E-state index contributed by atoms with van der Waals surface area (Å²) in [7, 11) is 3.92. The highest BCUT2D eigenvalue weighted by atomic mass is 15.1. The van der Waals surface area contributed by atoms with Crippen LogP contribution in [0.1, 0.15) is 30.7 Å². The van der Waals surface area contributed by atoms with Crippen LogP contribution < -0.4 is 4.90 Å². The van der Waals surface area contributed by atoms with Crippen molar-refractivity contribution in [2.24, 2.45) is 17.3 Å². The zero-order chi connectivity index (χ0) is 18.9. The summed E-state index contributed by atoms with van der Waals surface area (Å²) in [6.45, 7) is 0. The molecule has 5 heteroatoms. The summed E-state index contributed by atoms with van der Waals surface area (Å²) >= 11 is 0. The van der Waals surface area contributed by atoms with Crippen LogP contribution in [0, 0.1) is 56.7 Å². The predicted molar refractivity (Wildman–Crippen MR) is 99.4 cm³/mol. The summed E-state index contributed by atoms with van der Waals surface area (Å²) in [5.41, 5.74) is 1.17. The Morgan fingerprint density at radius 2 is 1.77 bits per heavy atom. The molecule has 1 aromatic carbocycles. The highest BCUT2D eigenvalue weighted by Gasteiger charge is 2.57. The van der Waals surface area contributed by atoms with Gasteiger partial charge in [0.25, 0.3) is 0 Å². The number of nitriles is 3. The third-order valence-corrected chi connectivity index (χ3v) is 5.69. The molecule has 0 aliphatic heterocycles. The number of anilines is 1. The van der Waals surface area contributed by atoms with E-state index < -0.39 is 17.3 Å². The SMILES string of the molecule is CN(C)c1ccc([C@@H]2[C@H]3CCCC=C3[C@H](C#N)C(=N)C2(C#N)C#N)cc1. The number of benzene rings is 1. The van der Waals surface area contributed by atoms with Gasteiger partial charge in [0.1, 0.15) is 5.92 Å². The monoisotopic (exact) mass is 343 g/mol. The van der Waals surface area contributed by atoms with E-state index in [0.717, 1.165) is 36.1 Å². The van der Waals surface area contributed by atoms with Crippen molar-refractivity contribution in [2.75, 3.05) is 19.0 Å². The fraction of sp³-hybridized carbons (Fsp3) is 0.429. The van der Waals surface area contributed by atoms with E-state index in [9.17, 15) is 15.8 Å². The summed E-state index contributed by atoms with van der Waals surface area (Å²) in [5.74, 6) is -1.23. The van der Waals surface area contributed by atoms with Gasteiger partial charge in [0.15, 0.2) is 5.41 Å². The van der Waals surface area contributed by atoms with Crippen LogP contribution in [0.3, 0.4) is 0 Å². The molecule has 130 valence electrons. The van der Waals surface area contributed by atoms with Gasteiger partial charge in [0.2, 0.25) is 0 Å². The first-order valence-corrected chi connectivity index (χ1v) is 8.78. The van der Waals surface area contributed by atoms with Crippen LogP contribution >= 0.6 is 0 Å². The fourth-order valence-corrected chi connectivity index (χ4v) is 4.36. The van der Waals surface area contributed by atoms with Gasteiger partial charge in [0, 0.05) is 25.7 Å². The first kappa shape index (κ1) is 17.7. The minimum Gasteiger partial charge on any atom is -0.378 e. The normalized spacial score (nSPS) is 26.5. The average molecular weight is 343 g/mol. The number of nitrogens with zero attached hydrogens (tertiary/aromatic N) is 4. The molecule has 1 saturated carbocycles. The molecule has 3 atom stereocenters. The van der Waals surface area contributed by atoms with Crippen molar-refractivity contribution >= 4 is 11.4 Å². The summed E-state index contributed by atoms with van der Waals surface area (Å²) < 4.78 is 0. The van der Waals surface area contributed by atoms with E-state index in [1.165, 1.54) is 0 Å². The Morgan fingerprint density at radius 1 is 1.12 bits per heavy atom. The Bertz CT molecular complexity index is 859. The van der Waals surface area contributed by atoms with Gasteiger partial charge in [-0.05, 0) is 48.4 Å². The Kier molecular flexibility index (Phi) is 4.54. The van der Waals surface area contributed by atoms with Crippen molar-refractivity contribution in [2.45, 2.75) is 25.2 Å². The molecule has 1 aromatic rings. The van der Waals surface area contributed by atoms with Gasteiger partial charge in [-0.1, -0.05) is 18.2 Å². The minimum absolute atomic E-state index is 0.0491. The molecule has 3 rings (SSSR count). The van der Waals surface area contributed by atoms with E-state index in [-0.39, 0.29) is 11.6 Å². The van der Waals surface area contributed by atoms with E-state index in [4.69, 9.17) is 5.41 Å². The molecule has 0 aromatic heterocycles. The van der Waals surface area contributed by atoms with E-state index in [1.54, 1.807) is 0 Å². The lowest BCUT2D eigenvalue weighted by Gasteiger charge is -2.45. The first-order valence-electron chi connectivity index (χ1n) is 8.78. The largest absolute Gasteiger partial charge is 0.378 e. The van der Waals surface area contributed by atoms with Crippen LogP contribution in [0.4, 0.5) is 5.69 Å². The topological polar surface area (TPSA) is 98.5 Å². The number of fused-ring (bicyclic) bond motifs is 1. The van der Waals surface area contributed by atoms with Crippen LogP contribution in [0.25, 0.3) is 0 Å². The minimum atomic E-state index is -1.60. The number of rotatable bonds is 2. The lowest BCUT2D eigenvalue weighted by molar-refractivity contribution is 0.320. The molecule has 1 N–H and O–H groups in total. The highest BCUT2D eigenvalue weighted by Crippen LogP contribution is 2.55. The van der Waals surface area contributed by atoms with E-state index in [1.807, 2.05) is 43.3 Å². The molecule has 2 aliphatic carbocycles. The maximum absolute atomic E-state index is 9.94. The lowest BCUT2D eigenvalue weighted by atomic mass is 9.53. The second-order valence-corrected chi connectivity index (χ2v) is 7.21. The molecule has 0 spiro atoms. The van der Waals surface area contributed by atoms with Gasteiger partial charge >= 0.3 is 0 Å². The Balaban J connectivity index is 2.19. The van der Waals surface area contributed by atoms with E-state index in [0.29, 0.717) is 0 Å². The molecular formula is C21H21N5. The second kappa shape index (κ2) is 6.66. The molecular weight excluding hydrogens is 322 g/mol. The highest BCUT2D eigenvalue weighted by molar-refractivity contribution is 6.00. The lowest BCUT2D eigenvalue weighted by Crippen LogP contribution is -2.48. The zero-order valence-corrected chi connectivity index (χ0v) is 15.0. The van der Waals surface area contributed by atoms with E-state index in [2.05, 4.69) is 24.3 Å². The molecule has 0 unspecified atom stereocenters. The molecule has 0 amide bonds. The summed E-state index contributed by atoms with van der Waals surface area (Å²) in [6.07, 6.45) is 4.74. The fourth-order valence-electron chi connectivity index (χ4n) is 4.36. The molecule has 0 radical (unpaired) electrons. The molecule has 5 nitrogen and oxygen atoms in total. The van der Waals surface area contributed by atoms with Gasteiger partial charge in [0.05, 0.1) is 23.9 Å². The molecule has 1 fully saturated rings. The van der Waals surface area contributed by atoms with Crippen LogP contribution in [0.15, 0.2) is 35.9 Å². The zero-order valence-electron chi connectivity index (χ0n) is 15.0. The standard InChI is InChI=1S/C21H21N5/c1-26(2)15-9-7-14(8-10-15)19-17-6-4-3-5-16(17)18(11-22)20(25)21(19,12-23)13-24/h5,7-10,17-19,25H,3-4,6H2,1-2H3/t17-,18-,19+/m0/s1. The van der Waals surface area contributed by atoms with Crippen LogP contribution in [0.5, 0.6) is 0 Å². The predicted octanol–water partition coefficient (Wildman–Crippen LogP) is 3.77. The van der Waals surface area contributed by atoms with E-state index >= 15 is 0 Å². The molecule has 0 saturated heterocycles. The first-order chi connectivity index (χ1) is 12.5. The third-order valence-electron chi connectivity index (χ3n) is 5.69. The number of hydrogen-bond acceptors (Lipinski definition) is 5. The Hall–Kier alpha value is -3.10. The van der Waals surface area contributed by atoms with Gasteiger partial charge in [-0.3, -0.25) is 0 Å². The maximum atomic E-state index is 9.94. The van der Waals surface area contributed by atoms with Crippen molar-refractivity contribution in [1.29, 1.82) is 21.2 Å². The maximum Gasteiger partial charge on any atom is 0.189 e. The van der Waals surface area contributed by atoms with Gasteiger partial charge in [-0.25, -0.2) is 0 Å². The summed E-state index contributed by atoms with van der Waals surface area (Å²) in [4.78, 5) is 1.99. The smallest absolute Gasteiger partial charge is 0.189 e. The van der Waals surface area contributed by atoms with Crippen molar-refractivity contribution in [3.63, 3.8) is 0 Å². The van der Waals surface area contributed by atoms with Crippen molar-refractivity contribution in [1.82, 2.24) is 0 Å². The van der Waals surface area contributed by atoms with Crippen LogP contribution in [-0.2, 0) is 0 Å². The molecule has 0 heterocycles. The van der Waals surface area contributed by atoms with Gasteiger partial charge in [-0.15, -0.1) is 0 Å². The quantitative estimate of drug-likeness (QED) is 0.826. The van der Waals surface area contributed by atoms with Crippen LogP contribution in [-0.4, -0.2) is 19.8 Å². The van der Waals surface area contributed by atoms with Gasteiger partial charge < -0.3 is 10.3 Å². The van der Waals surface area contributed by atoms with Crippen LogP contribution in [0.2, 0.25) is 0 Å². The molecule has 26 heavy (non-hydrogen) atoms. The Morgan fingerprint density at radius 3 is 2.31 bits per heavy atom. The Labute approximate surface area is 154 Å². The number of allylic oxidation sites excluding steroid dienone is 2. The summed E-state index contributed by atoms with van der Waals surface area (Å²) in [5, 5.41) is 38.0. The number of nitrogens with one attached hydrogen (secondary N) is 1. The molecule has 0 bridgehead atoms. The van der Waals surface area contributed by atoms with Crippen molar-refractivity contribution < 1.29 is 0 Å².